The van der Waals surface area contributed by atoms with Crippen LogP contribution in [0.25, 0.3) is 0 Å². The van der Waals surface area contributed by atoms with Gasteiger partial charge in [-0.2, -0.15) is 0 Å². The number of rotatable bonds is 8. The van der Waals surface area contributed by atoms with Gasteiger partial charge >= 0.3 is 0 Å². The Balaban J connectivity index is 2.12. The van der Waals surface area contributed by atoms with E-state index in [2.05, 4.69) is 0 Å². The molecule has 106 valence electrons. The predicted molar refractivity (Wildman–Crippen MR) is 72.8 cm³/mol. The van der Waals surface area contributed by atoms with Crippen molar-refractivity contribution < 1.29 is 14.6 Å². The summed E-state index contributed by atoms with van der Waals surface area (Å²) >= 11 is 0. The molecule has 4 N–H and O–H groups in total. The molecule has 0 fully saturated rings. The highest BCUT2D eigenvalue weighted by molar-refractivity contribution is 5.78. The highest BCUT2D eigenvalue weighted by atomic mass is 16.5. The predicted octanol–water partition coefficient (Wildman–Crippen LogP) is 0.970. The number of nitrogens with one attached hydrogen (secondary N) is 1. The Morgan fingerprint density at radius 1 is 1.42 bits per heavy atom. The first-order chi connectivity index (χ1) is 9.15. The van der Waals surface area contributed by atoms with Crippen LogP contribution < -0.4 is 11.3 Å². The van der Waals surface area contributed by atoms with Crippen LogP contribution in [0.1, 0.15) is 25.3 Å². The average Bonchev–Trinajstić information content (AvgIpc) is 2.46. The van der Waals surface area contributed by atoms with E-state index in [1.165, 1.54) is 0 Å². The van der Waals surface area contributed by atoms with Gasteiger partial charge in [0.1, 0.15) is 0 Å². The molecular formula is C14H22N2O3. The van der Waals surface area contributed by atoms with Gasteiger partial charge in [-0.25, -0.2) is 5.84 Å². The lowest BCUT2D eigenvalue weighted by molar-refractivity contribution is -0.128. The monoisotopic (exact) mass is 266 g/mol. The van der Waals surface area contributed by atoms with Crippen LogP contribution in [0.15, 0.2) is 30.3 Å². The Morgan fingerprint density at radius 2 is 2.11 bits per heavy atom. The number of ether oxygens (including phenoxy) is 1. The summed E-state index contributed by atoms with van der Waals surface area (Å²) in [6.07, 6.45) is 0.531. The largest absolute Gasteiger partial charge is 0.392 e. The summed E-state index contributed by atoms with van der Waals surface area (Å²) in [5.74, 6) is 4.17. The highest BCUT2D eigenvalue weighted by Gasteiger charge is 2.20. The molecule has 0 aliphatic heterocycles. The molecule has 0 spiro atoms. The molecule has 1 amide bonds. The highest BCUT2D eigenvalue weighted by Crippen LogP contribution is 2.10. The number of hydrazine groups is 1. The van der Waals surface area contributed by atoms with Gasteiger partial charge in [0.15, 0.2) is 0 Å². The zero-order chi connectivity index (χ0) is 14.1. The SMILES string of the molecule is CC(C(=O)NN)C(O)CCCOCc1ccccc1. The van der Waals surface area contributed by atoms with E-state index in [9.17, 15) is 9.90 Å². The Morgan fingerprint density at radius 3 is 2.74 bits per heavy atom. The van der Waals surface area contributed by atoms with E-state index in [0.29, 0.717) is 26.1 Å². The van der Waals surface area contributed by atoms with Crippen LogP contribution in [0.5, 0.6) is 0 Å². The summed E-state index contributed by atoms with van der Waals surface area (Å²) in [6.45, 7) is 2.77. The van der Waals surface area contributed by atoms with Gasteiger partial charge in [0.05, 0.1) is 18.6 Å². The molecule has 0 heterocycles. The van der Waals surface area contributed by atoms with Crippen molar-refractivity contribution in [2.24, 2.45) is 11.8 Å². The molecule has 0 aliphatic carbocycles. The van der Waals surface area contributed by atoms with Gasteiger partial charge in [0.2, 0.25) is 5.91 Å². The van der Waals surface area contributed by atoms with Crippen LogP contribution in [0, 0.1) is 5.92 Å². The summed E-state index contributed by atoms with van der Waals surface area (Å²) in [5, 5.41) is 9.76. The van der Waals surface area contributed by atoms with Crippen molar-refractivity contribution in [2.75, 3.05) is 6.61 Å². The van der Waals surface area contributed by atoms with Crippen molar-refractivity contribution in [3.8, 4) is 0 Å². The Kier molecular flexibility index (Phi) is 7.10. The second-order valence-corrected chi connectivity index (χ2v) is 4.55. The molecule has 5 heteroatoms. The standard InChI is InChI=1S/C14H22N2O3/c1-11(14(18)16-15)13(17)8-5-9-19-10-12-6-3-2-4-7-12/h2-4,6-7,11,13,17H,5,8-10,15H2,1H3,(H,16,18). The molecule has 1 aromatic rings. The second-order valence-electron chi connectivity index (χ2n) is 4.55. The van der Waals surface area contributed by atoms with E-state index < -0.39 is 12.0 Å². The van der Waals surface area contributed by atoms with Crippen molar-refractivity contribution in [3.63, 3.8) is 0 Å². The molecule has 0 aromatic heterocycles. The molecule has 0 saturated carbocycles. The molecule has 1 aromatic carbocycles. The zero-order valence-corrected chi connectivity index (χ0v) is 11.2. The summed E-state index contributed by atoms with van der Waals surface area (Å²) in [6, 6.07) is 9.90. The van der Waals surface area contributed by atoms with Crippen LogP contribution in [0.3, 0.4) is 0 Å². The molecular weight excluding hydrogens is 244 g/mol. The van der Waals surface area contributed by atoms with E-state index in [4.69, 9.17) is 10.6 Å². The van der Waals surface area contributed by atoms with Gasteiger partial charge < -0.3 is 9.84 Å². The Labute approximate surface area is 113 Å². The number of aliphatic hydroxyl groups is 1. The summed E-state index contributed by atoms with van der Waals surface area (Å²) in [7, 11) is 0. The van der Waals surface area contributed by atoms with Gasteiger partial charge in [-0.1, -0.05) is 37.3 Å². The van der Waals surface area contributed by atoms with E-state index >= 15 is 0 Å². The summed E-state index contributed by atoms with van der Waals surface area (Å²) in [5.41, 5.74) is 3.16. The minimum Gasteiger partial charge on any atom is -0.392 e. The number of benzene rings is 1. The summed E-state index contributed by atoms with van der Waals surface area (Å²) in [4.78, 5) is 11.2. The zero-order valence-electron chi connectivity index (χ0n) is 11.2. The first-order valence-corrected chi connectivity index (χ1v) is 6.45. The third kappa shape index (κ3) is 5.83. The van der Waals surface area contributed by atoms with Crippen molar-refractivity contribution in [3.05, 3.63) is 35.9 Å². The van der Waals surface area contributed by atoms with Crippen molar-refractivity contribution in [2.45, 2.75) is 32.5 Å². The van der Waals surface area contributed by atoms with Crippen LogP contribution in [-0.4, -0.2) is 23.7 Å². The number of hydrogen-bond donors (Lipinski definition) is 3. The molecule has 2 atom stereocenters. The molecule has 2 unspecified atom stereocenters. The lowest BCUT2D eigenvalue weighted by atomic mass is 10.00. The average molecular weight is 266 g/mol. The Bertz CT molecular complexity index is 370. The molecule has 0 aliphatic rings. The molecule has 19 heavy (non-hydrogen) atoms. The third-order valence-corrected chi connectivity index (χ3v) is 3.03. The van der Waals surface area contributed by atoms with Gasteiger partial charge in [-0.05, 0) is 18.4 Å². The van der Waals surface area contributed by atoms with E-state index in [1.54, 1.807) is 6.92 Å². The fourth-order valence-corrected chi connectivity index (χ4v) is 1.71. The number of amides is 1. The first kappa shape index (κ1) is 15.6. The quantitative estimate of drug-likeness (QED) is 0.283. The van der Waals surface area contributed by atoms with Gasteiger partial charge in [-0.3, -0.25) is 10.2 Å². The second kappa shape index (κ2) is 8.63. The maximum Gasteiger partial charge on any atom is 0.239 e. The maximum atomic E-state index is 11.2. The number of aliphatic hydroxyl groups excluding tert-OH is 1. The van der Waals surface area contributed by atoms with E-state index in [0.717, 1.165) is 5.56 Å². The third-order valence-electron chi connectivity index (χ3n) is 3.03. The van der Waals surface area contributed by atoms with Gasteiger partial charge in [-0.15, -0.1) is 0 Å². The molecule has 5 nitrogen and oxygen atoms in total. The van der Waals surface area contributed by atoms with Gasteiger partial charge in [0.25, 0.3) is 0 Å². The molecule has 0 bridgehead atoms. The van der Waals surface area contributed by atoms with Crippen LogP contribution in [-0.2, 0) is 16.1 Å². The minimum absolute atomic E-state index is 0.349. The first-order valence-electron chi connectivity index (χ1n) is 6.45. The maximum absolute atomic E-state index is 11.2. The smallest absolute Gasteiger partial charge is 0.239 e. The number of carbonyl (C=O) groups is 1. The van der Waals surface area contributed by atoms with Crippen LogP contribution in [0.2, 0.25) is 0 Å². The molecule has 0 saturated heterocycles. The number of nitrogens with two attached hydrogens (primary N) is 1. The van der Waals surface area contributed by atoms with Crippen LogP contribution in [0.4, 0.5) is 0 Å². The normalized spacial score (nSPS) is 13.8. The lowest BCUT2D eigenvalue weighted by Crippen LogP contribution is -2.39. The van der Waals surface area contributed by atoms with Crippen LogP contribution >= 0.6 is 0 Å². The molecule has 1 rings (SSSR count). The number of carbonyl (C=O) groups excluding carboxylic acids is 1. The van der Waals surface area contributed by atoms with E-state index in [-0.39, 0.29) is 5.91 Å². The van der Waals surface area contributed by atoms with Crippen molar-refractivity contribution in [1.29, 1.82) is 0 Å². The lowest BCUT2D eigenvalue weighted by Gasteiger charge is -2.16. The van der Waals surface area contributed by atoms with Crippen molar-refractivity contribution in [1.82, 2.24) is 5.43 Å². The fraction of sp³-hybridized carbons (Fsp3) is 0.500. The fourth-order valence-electron chi connectivity index (χ4n) is 1.71. The van der Waals surface area contributed by atoms with Gasteiger partial charge in [0, 0.05) is 6.61 Å². The number of hydrogen-bond acceptors (Lipinski definition) is 4. The molecule has 0 radical (unpaired) electrons. The Hall–Kier alpha value is -1.43. The van der Waals surface area contributed by atoms with Crippen molar-refractivity contribution >= 4 is 5.91 Å². The van der Waals surface area contributed by atoms with E-state index in [1.807, 2.05) is 35.8 Å². The summed E-state index contributed by atoms with van der Waals surface area (Å²) < 4.78 is 5.50. The minimum atomic E-state index is -0.691. The topological polar surface area (TPSA) is 84.6 Å².